The van der Waals surface area contributed by atoms with E-state index in [4.69, 9.17) is 0 Å². The number of nitrogens with one attached hydrogen (secondary N) is 2. The van der Waals surface area contributed by atoms with Crippen molar-refractivity contribution in [2.24, 2.45) is 11.8 Å². The summed E-state index contributed by atoms with van der Waals surface area (Å²) in [5.41, 5.74) is 1.28. The fraction of sp³-hybridized carbons (Fsp3) is 0.600. The molecule has 0 radical (unpaired) electrons. The second-order valence-electron chi connectivity index (χ2n) is 7.94. The molecule has 2 N–H and O–H groups in total. The molecule has 2 aliphatic heterocycles. The minimum absolute atomic E-state index is 0.232. The number of amides is 3. The number of aromatic nitrogens is 1. The van der Waals surface area contributed by atoms with Crippen molar-refractivity contribution in [1.29, 1.82) is 0 Å². The molecule has 2 aliphatic rings. The molecule has 3 rings (SSSR count). The van der Waals surface area contributed by atoms with Crippen LogP contribution in [0.2, 0.25) is 0 Å². The number of imide groups is 1. The third kappa shape index (κ3) is 5.05. The molecule has 3 amide bonds. The van der Waals surface area contributed by atoms with Crippen molar-refractivity contribution in [2.45, 2.75) is 52.0 Å². The van der Waals surface area contributed by atoms with Crippen LogP contribution in [0.5, 0.6) is 0 Å². The lowest BCUT2D eigenvalue weighted by molar-refractivity contribution is -0.134. The maximum Gasteiger partial charge on any atom is 0.270 e. The number of hydrogen-bond acceptors (Lipinski definition) is 5. The lowest BCUT2D eigenvalue weighted by atomic mass is 9.88. The minimum Gasteiger partial charge on any atom is -0.371 e. The quantitative estimate of drug-likeness (QED) is 0.770. The second-order valence-corrected chi connectivity index (χ2v) is 7.94. The largest absolute Gasteiger partial charge is 0.371 e. The molecule has 2 saturated heterocycles. The predicted molar refractivity (Wildman–Crippen MR) is 102 cm³/mol. The van der Waals surface area contributed by atoms with E-state index in [1.165, 1.54) is 6.42 Å². The molecule has 0 bridgehead atoms. The maximum absolute atomic E-state index is 12.5. The summed E-state index contributed by atoms with van der Waals surface area (Å²) in [7, 11) is 0. The summed E-state index contributed by atoms with van der Waals surface area (Å²) in [6.07, 6.45) is 5.78. The standard InChI is InChI=1S/C20H28N4O3/c1-13(2)11-14-6-9-24(10-7-14)15-5-8-21-17(12-15)20(27)22-16-3-4-18(25)23-19(16)26/h5,8,12-14,16H,3-4,6-7,9-11H2,1-2H3,(H,22,27)(H,23,25,26). The van der Waals surface area contributed by atoms with Gasteiger partial charge in [0.15, 0.2) is 0 Å². The van der Waals surface area contributed by atoms with Crippen LogP contribution in [0.25, 0.3) is 0 Å². The summed E-state index contributed by atoms with van der Waals surface area (Å²) in [6, 6.07) is 3.02. The van der Waals surface area contributed by atoms with E-state index in [1.54, 1.807) is 12.3 Å². The van der Waals surface area contributed by atoms with Gasteiger partial charge in [0.2, 0.25) is 11.8 Å². The van der Waals surface area contributed by atoms with E-state index in [2.05, 4.69) is 34.4 Å². The summed E-state index contributed by atoms with van der Waals surface area (Å²) < 4.78 is 0. The number of carbonyl (C=O) groups is 3. The third-order valence-electron chi connectivity index (χ3n) is 5.31. The van der Waals surface area contributed by atoms with Gasteiger partial charge in [-0.25, -0.2) is 0 Å². The molecule has 7 heteroatoms. The Labute approximate surface area is 159 Å². The highest BCUT2D eigenvalue weighted by atomic mass is 16.2. The highest BCUT2D eigenvalue weighted by molar-refractivity contribution is 6.03. The Morgan fingerprint density at radius 3 is 2.70 bits per heavy atom. The normalized spacial score (nSPS) is 21.3. The molecule has 27 heavy (non-hydrogen) atoms. The molecule has 2 fully saturated rings. The van der Waals surface area contributed by atoms with Crippen molar-refractivity contribution in [3.05, 3.63) is 24.0 Å². The van der Waals surface area contributed by atoms with E-state index >= 15 is 0 Å². The molecule has 1 unspecified atom stereocenters. The van der Waals surface area contributed by atoms with E-state index < -0.39 is 11.9 Å². The lowest BCUT2D eigenvalue weighted by Gasteiger charge is -2.34. The summed E-state index contributed by atoms with van der Waals surface area (Å²) in [5, 5.41) is 4.93. The zero-order valence-corrected chi connectivity index (χ0v) is 16.0. The van der Waals surface area contributed by atoms with Gasteiger partial charge in [-0.15, -0.1) is 0 Å². The average molecular weight is 372 g/mol. The summed E-state index contributed by atoms with van der Waals surface area (Å²) in [4.78, 5) is 42.0. The third-order valence-corrected chi connectivity index (χ3v) is 5.31. The first kappa shape index (κ1) is 19.3. The van der Waals surface area contributed by atoms with Gasteiger partial charge in [-0.2, -0.15) is 0 Å². The van der Waals surface area contributed by atoms with Crippen molar-refractivity contribution in [2.75, 3.05) is 18.0 Å². The molecule has 0 saturated carbocycles. The van der Waals surface area contributed by atoms with Gasteiger partial charge in [-0.3, -0.25) is 24.7 Å². The van der Waals surface area contributed by atoms with Crippen LogP contribution in [0.4, 0.5) is 5.69 Å². The molecule has 3 heterocycles. The lowest BCUT2D eigenvalue weighted by Crippen LogP contribution is -2.52. The first-order valence-corrected chi connectivity index (χ1v) is 9.78. The number of rotatable bonds is 5. The zero-order chi connectivity index (χ0) is 19.4. The van der Waals surface area contributed by atoms with E-state index in [0.29, 0.717) is 12.1 Å². The number of anilines is 1. The fourth-order valence-electron chi connectivity index (χ4n) is 3.90. The first-order valence-electron chi connectivity index (χ1n) is 9.78. The molecule has 1 aromatic rings. The Kier molecular flexibility index (Phi) is 6.08. The van der Waals surface area contributed by atoms with Crippen molar-refractivity contribution >= 4 is 23.4 Å². The molecule has 7 nitrogen and oxygen atoms in total. The molecular formula is C20H28N4O3. The van der Waals surface area contributed by atoms with Gasteiger partial charge in [-0.1, -0.05) is 13.8 Å². The van der Waals surface area contributed by atoms with E-state index in [0.717, 1.165) is 43.5 Å². The van der Waals surface area contributed by atoms with Crippen LogP contribution in [0.1, 0.15) is 56.4 Å². The molecular weight excluding hydrogens is 344 g/mol. The van der Waals surface area contributed by atoms with Gasteiger partial charge >= 0.3 is 0 Å². The minimum atomic E-state index is -0.688. The molecule has 0 aromatic carbocycles. The van der Waals surface area contributed by atoms with Gasteiger partial charge in [0.05, 0.1) is 0 Å². The molecule has 0 spiro atoms. The fourth-order valence-corrected chi connectivity index (χ4v) is 3.90. The predicted octanol–water partition coefficient (Wildman–Crippen LogP) is 1.88. The van der Waals surface area contributed by atoms with Gasteiger partial charge in [0, 0.05) is 31.4 Å². The van der Waals surface area contributed by atoms with Crippen LogP contribution in [0, 0.1) is 11.8 Å². The van der Waals surface area contributed by atoms with Gasteiger partial charge in [0.25, 0.3) is 5.91 Å². The van der Waals surface area contributed by atoms with Crippen LogP contribution >= 0.6 is 0 Å². The van der Waals surface area contributed by atoms with Gasteiger partial charge < -0.3 is 10.2 Å². The van der Waals surface area contributed by atoms with Crippen LogP contribution in [0.15, 0.2) is 18.3 Å². The summed E-state index contributed by atoms with van der Waals surface area (Å²) >= 11 is 0. The Bertz CT molecular complexity index is 711. The Morgan fingerprint density at radius 1 is 1.30 bits per heavy atom. The average Bonchev–Trinajstić information content (AvgIpc) is 2.64. The highest BCUT2D eigenvalue weighted by Gasteiger charge is 2.28. The van der Waals surface area contributed by atoms with E-state index in [-0.39, 0.29) is 18.2 Å². The zero-order valence-electron chi connectivity index (χ0n) is 16.0. The Hall–Kier alpha value is -2.44. The number of piperidine rings is 2. The SMILES string of the molecule is CC(C)CC1CCN(c2ccnc(C(=O)NC3CCC(=O)NC3=O)c2)CC1. The second kappa shape index (κ2) is 8.50. The van der Waals surface area contributed by atoms with Crippen molar-refractivity contribution < 1.29 is 14.4 Å². The summed E-state index contributed by atoms with van der Waals surface area (Å²) in [6.45, 7) is 6.50. The number of nitrogens with zero attached hydrogens (tertiary/aromatic N) is 2. The van der Waals surface area contributed by atoms with Gasteiger partial charge in [-0.05, 0) is 49.7 Å². The van der Waals surface area contributed by atoms with Crippen molar-refractivity contribution in [3.8, 4) is 0 Å². The van der Waals surface area contributed by atoms with Crippen LogP contribution in [0.3, 0.4) is 0 Å². The molecule has 1 aromatic heterocycles. The summed E-state index contributed by atoms with van der Waals surface area (Å²) in [5.74, 6) is 0.360. The monoisotopic (exact) mass is 372 g/mol. The van der Waals surface area contributed by atoms with Crippen LogP contribution in [-0.2, 0) is 9.59 Å². The Balaban J connectivity index is 1.59. The van der Waals surface area contributed by atoms with E-state index in [1.807, 2.05) is 6.07 Å². The Morgan fingerprint density at radius 2 is 2.04 bits per heavy atom. The van der Waals surface area contributed by atoms with Crippen molar-refractivity contribution in [3.63, 3.8) is 0 Å². The highest BCUT2D eigenvalue weighted by Crippen LogP contribution is 2.27. The number of pyridine rings is 1. The van der Waals surface area contributed by atoms with Crippen LogP contribution in [-0.4, -0.2) is 41.8 Å². The smallest absolute Gasteiger partial charge is 0.270 e. The topological polar surface area (TPSA) is 91.4 Å². The number of hydrogen-bond donors (Lipinski definition) is 2. The molecule has 146 valence electrons. The molecule has 1 atom stereocenters. The van der Waals surface area contributed by atoms with Gasteiger partial charge in [0.1, 0.15) is 11.7 Å². The van der Waals surface area contributed by atoms with Crippen LogP contribution < -0.4 is 15.5 Å². The molecule has 0 aliphatic carbocycles. The number of carbonyl (C=O) groups excluding carboxylic acids is 3. The van der Waals surface area contributed by atoms with E-state index in [9.17, 15) is 14.4 Å². The van der Waals surface area contributed by atoms with Crippen molar-refractivity contribution in [1.82, 2.24) is 15.6 Å². The first-order chi connectivity index (χ1) is 12.9. The maximum atomic E-state index is 12.5.